The van der Waals surface area contributed by atoms with Gasteiger partial charge in [-0.25, -0.2) is 0 Å². The Bertz CT molecular complexity index is 967. The Kier molecular flexibility index (Phi) is 6.85. The van der Waals surface area contributed by atoms with Crippen LogP contribution in [0.3, 0.4) is 0 Å². The average molecular weight is 390 g/mol. The van der Waals surface area contributed by atoms with E-state index >= 15 is 0 Å². The molecule has 0 aliphatic rings. The Balaban J connectivity index is 1.77. The van der Waals surface area contributed by atoms with Crippen LogP contribution in [0.5, 0.6) is 5.75 Å². The van der Waals surface area contributed by atoms with Crippen LogP contribution < -0.4 is 10.1 Å². The summed E-state index contributed by atoms with van der Waals surface area (Å²) in [4.78, 5) is 27.0. The van der Waals surface area contributed by atoms with Gasteiger partial charge in [0.25, 0.3) is 5.91 Å². The second-order valence-electron chi connectivity index (χ2n) is 6.84. The van der Waals surface area contributed by atoms with Gasteiger partial charge in [-0.3, -0.25) is 9.59 Å². The normalized spacial score (nSPS) is 11.7. The molecule has 5 heteroatoms. The Morgan fingerprint density at radius 1 is 0.966 bits per heavy atom. The predicted octanol–water partition coefficient (Wildman–Crippen LogP) is 3.77. The molecule has 0 fully saturated rings. The largest absolute Gasteiger partial charge is 0.483 e. The number of nitrogens with zero attached hydrogens (tertiary/aromatic N) is 1. The quantitative estimate of drug-likeness (QED) is 0.637. The molecule has 3 aromatic carbocycles. The van der Waals surface area contributed by atoms with Crippen LogP contribution in [0.4, 0.5) is 0 Å². The molecule has 1 N–H and O–H groups in total. The molecule has 1 atom stereocenters. The number of carbonyl (C=O) groups is 2. The number of hydrogen-bond acceptors (Lipinski definition) is 3. The van der Waals surface area contributed by atoms with Crippen molar-refractivity contribution in [2.24, 2.45) is 0 Å². The highest BCUT2D eigenvalue weighted by Crippen LogP contribution is 2.25. The van der Waals surface area contributed by atoms with Gasteiger partial charge in [0.15, 0.2) is 6.61 Å². The predicted molar refractivity (Wildman–Crippen MR) is 115 cm³/mol. The van der Waals surface area contributed by atoms with E-state index in [-0.39, 0.29) is 18.4 Å². The molecular weight excluding hydrogens is 364 g/mol. The molecule has 1 unspecified atom stereocenters. The molecule has 5 nitrogen and oxygen atoms in total. The third kappa shape index (κ3) is 5.13. The lowest BCUT2D eigenvalue weighted by molar-refractivity contribution is -0.142. The zero-order valence-corrected chi connectivity index (χ0v) is 16.8. The van der Waals surface area contributed by atoms with Crippen LogP contribution >= 0.6 is 0 Å². The van der Waals surface area contributed by atoms with E-state index in [1.807, 2.05) is 79.7 Å². The summed E-state index contributed by atoms with van der Waals surface area (Å²) >= 11 is 0. The summed E-state index contributed by atoms with van der Waals surface area (Å²) in [6.07, 6.45) is 0. The highest BCUT2D eigenvalue weighted by atomic mass is 16.5. The Morgan fingerprint density at radius 2 is 1.66 bits per heavy atom. The Hall–Kier alpha value is -3.34. The number of ether oxygens (including phenoxy) is 1. The third-order valence-electron chi connectivity index (χ3n) is 4.81. The van der Waals surface area contributed by atoms with Crippen LogP contribution in [-0.2, 0) is 16.1 Å². The van der Waals surface area contributed by atoms with E-state index < -0.39 is 6.04 Å². The van der Waals surface area contributed by atoms with E-state index in [9.17, 15) is 9.59 Å². The van der Waals surface area contributed by atoms with Crippen LogP contribution in [0.1, 0.15) is 19.4 Å². The van der Waals surface area contributed by atoms with Gasteiger partial charge in [-0.05, 0) is 30.9 Å². The molecule has 0 aromatic heterocycles. The maximum absolute atomic E-state index is 13.0. The zero-order chi connectivity index (χ0) is 20.6. The first-order chi connectivity index (χ1) is 14.1. The fourth-order valence-corrected chi connectivity index (χ4v) is 3.23. The molecule has 0 radical (unpaired) electrons. The van der Waals surface area contributed by atoms with E-state index in [1.165, 1.54) is 0 Å². The molecule has 0 heterocycles. The van der Waals surface area contributed by atoms with Gasteiger partial charge in [0.2, 0.25) is 5.91 Å². The first kappa shape index (κ1) is 20.4. The maximum atomic E-state index is 13.0. The highest BCUT2D eigenvalue weighted by Gasteiger charge is 2.26. The van der Waals surface area contributed by atoms with Crippen molar-refractivity contribution in [2.75, 3.05) is 13.2 Å². The second kappa shape index (κ2) is 9.73. The highest BCUT2D eigenvalue weighted by molar-refractivity contribution is 5.90. The molecule has 0 saturated carbocycles. The SMILES string of the molecule is CCNC(=O)C(C)N(Cc1ccccc1)C(=O)COc1cccc2ccccc12. The van der Waals surface area contributed by atoms with E-state index in [0.717, 1.165) is 16.3 Å². The summed E-state index contributed by atoms with van der Waals surface area (Å²) in [6.45, 7) is 4.33. The average Bonchev–Trinajstić information content (AvgIpc) is 2.76. The van der Waals surface area contributed by atoms with Gasteiger partial charge in [-0.2, -0.15) is 0 Å². The van der Waals surface area contributed by atoms with Crippen molar-refractivity contribution in [1.29, 1.82) is 0 Å². The molecule has 0 saturated heterocycles. The third-order valence-corrected chi connectivity index (χ3v) is 4.81. The topological polar surface area (TPSA) is 58.6 Å². The van der Waals surface area contributed by atoms with E-state index in [0.29, 0.717) is 18.8 Å². The summed E-state index contributed by atoms with van der Waals surface area (Å²) in [5.41, 5.74) is 0.960. The van der Waals surface area contributed by atoms with Crippen LogP contribution in [-0.4, -0.2) is 35.9 Å². The lowest BCUT2D eigenvalue weighted by Gasteiger charge is -2.28. The minimum absolute atomic E-state index is 0.134. The first-order valence-electron chi connectivity index (χ1n) is 9.81. The summed E-state index contributed by atoms with van der Waals surface area (Å²) < 4.78 is 5.87. The van der Waals surface area contributed by atoms with Gasteiger partial charge in [-0.1, -0.05) is 66.7 Å². The Labute approximate surface area is 171 Å². The molecule has 29 heavy (non-hydrogen) atoms. The zero-order valence-electron chi connectivity index (χ0n) is 16.8. The van der Waals surface area contributed by atoms with Crippen molar-refractivity contribution in [3.05, 3.63) is 78.4 Å². The van der Waals surface area contributed by atoms with Crippen molar-refractivity contribution in [3.63, 3.8) is 0 Å². The summed E-state index contributed by atoms with van der Waals surface area (Å²) in [5, 5.41) is 4.79. The number of fused-ring (bicyclic) bond motifs is 1. The van der Waals surface area contributed by atoms with Crippen molar-refractivity contribution >= 4 is 22.6 Å². The molecule has 2 amide bonds. The number of amides is 2. The molecule has 3 rings (SSSR count). The lowest BCUT2D eigenvalue weighted by atomic mass is 10.1. The number of benzene rings is 3. The smallest absolute Gasteiger partial charge is 0.261 e. The number of rotatable bonds is 8. The van der Waals surface area contributed by atoms with E-state index in [4.69, 9.17) is 4.74 Å². The molecule has 150 valence electrons. The molecule has 0 bridgehead atoms. The fourth-order valence-electron chi connectivity index (χ4n) is 3.23. The molecule has 0 spiro atoms. The summed E-state index contributed by atoms with van der Waals surface area (Å²) in [7, 11) is 0. The van der Waals surface area contributed by atoms with Crippen LogP contribution in [0.2, 0.25) is 0 Å². The van der Waals surface area contributed by atoms with E-state index in [1.54, 1.807) is 11.8 Å². The minimum Gasteiger partial charge on any atom is -0.483 e. The summed E-state index contributed by atoms with van der Waals surface area (Å²) in [5.74, 6) is 0.240. The van der Waals surface area contributed by atoms with Crippen molar-refractivity contribution in [3.8, 4) is 5.75 Å². The molecular formula is C24H26N2O3. The van der Waals surface area contributed by atoms with E-state index in [2.05, 4.69) is 5.32 Å². The van der Waals surface area contributed by atoms with Gasteiger partial charge in [0.05, 0.1) is 0 Å². The number of likely N-dealkylation sites (N-methyl/N-ethyl adjacent to an activating group) is 1. The maximum Gasteiger partial charge on any atom is 0.261 e. The van der Waals surface area contributed by atoms with Crippen LogP contribution in [0, 0.1) is 0 Å². The Morgan fingerprint density at radius 3 is 2.41 bits per heavy atom. The van der Waals surface area contributed by atoms with Gasteiger partial charge >= 0.3 is 0 Å². The van der Waals surface area contributed by atoms with Gasteiger partial charge in [-0.15, -0.1) is 0 Å². The molecule has 0 aliphatic carbocycles. The number of hydrogen-bond donors (Lipinski definition) is 1. The summed E-state index contributed by atoms with van der Waals surface area (Å²) in [6, 6.07) is 22.7. The standard InChI is InChI=1S/C24H26N2O3/c1-3-25-24(28)18(2)26(16-19-10-5-4-6-11-19)23(27)17-29-22-15-9-13-20-12-7-8-14-21(20)22/h4-15,18H,3,16-17H2,1-2H3,(H,25,28). The second-order valence-corrected chi connectivity index (χ2v) is 6.84. The number of nitrogens with one attached hydrogen (secondary N) is 1. The van der Waals surface area contributed by atoms with Crippen LogP contribution in [0.15, 0.2) is 72.8 Å². The first-order valence-corrected chi connectivity index (χ1v) is 9.81. The van der Waals surface area contributed by atoms with Crippen LogP contribution in [0.25, 0.3) is 10.8 Å². The van der Waals surface area contributed by atoms with Gasteiger partial charge in [0.1, 0.15) is 11.8 Å². The van der Waals surface area contributed by atoms with Crippen molar-refractivity contribution in [2.45, 2.75) is 26.4 Å². The van der Waals surface area contributed by atoms with Gasteiger partial charge in [0, 0.05) is 18.5 Å². The van der Waals surface area contributed by atoms with Crippen molar-refractivity contribution < 1.29 is 14.3 Å². The number of carbonyl (C=O) groups excluding carboxylic acids is 2. The van der Waals surface area contributed by atoms with Gasteiger partial charge < -0.3 is 15.0 Å². The minimum atomic E-state index is -0.598. The molecule has 0 aliphatic heterocycles. The monoisotopic (exact) mass is 390 g/mol. The molecule has 3 aromatic rings. The van der Waals surface area contributed by atoms with Crippen molar-refractivity contribution in [1.82, 2.24) is 10.2 Å². The lowest BCUT2D eigenvalue weighted by Crippen LogP contribution is -2.49. The fraction of sp³-hybridized carbons (Fsp3) is 0.250.